The van der Waals surface area contributed by atoms with Gasteiger partial charge in [0.05, 0.1) is 14.2 Å². The van der Waals surface area contributed by atoms with Gasteiger partial charge in [-0.1, -0.05) is 0 Å². The molecule has 1 atom stereocenters. The lowest BCUT2D eigenvalue weighted by Gasteiger charge is -2.30. The molecule has 1 aromatic carbocycles. The second-order valence-electron chi connectivity index (χ2n) is 5.24. The van der Waals surface area contributed by atoms with E-state index in [1.807, 2.05) is 7.05 Å². The molecule has 6 nitrogen and oxygen atoms in total. The summed E-state index contributed by atoms with van der Waals surface area (Å²) in [6.45, 7) is 1.34. The Morgan fingerprint density at radius 2 is 1.95 bits per heavy atom. The SMILES string of the molecule is COc1cc(CNC2CCC(=O)N(C)C2)cc(OC)c1O. The van der Waals surface area contributed by atoms with E-state index in [1.165, 1.54) is 14.2 Å². The number of amides is 1. The highest BCUT2D eigenvalue weighted by Gasteiger charge is 2.22. The molecule has 1 amide bonds. The van der Waals surface area contributed by atoms with Gasteiger partial charge in [-0.3, -0.25) is 4.79 Å². The fourth-order valence-electron chi connectivity index (χ4n) is 2.49. The molecule has 21 heavy (non-hydrogen) atoms. The number of phenolic OH excluding ortho intramolecular Hbond substituents is 1. The van der Waals surface area contributed by atoms with Gasteiger partial charge in [0.25, 0.3) is 0 Å². The Hall–Kier alpha value is -1.95. The van der Waals surface area contributed by atoms with Crippen molar-refractivity contribution in [3.63, 3.8) is 0 Å². The van der Waals surface area contributed by atoms with Gasteiger partial charge in [-0.05, 0) is 24.1 Å². The summed E-state index contributed by atoms with van der Waals surface area (Å²) in [5.41, 5.74) is 0.959. The average Bonchev–Trinajstić information content (AvgIpc) is 2.49. The summed E-state index contributed by atoms with van der Waals surface area (Å²) in [4.78, 5) is 13.2. The van der Waals surface area contributed by atoms with E-state index < -0.39 is 0 Å². The number of ether oxygens (including phenoxy) is 2. The lowest BCUT2D eigenvalue weighted by molar-refractivity contribution is -0.132. The number of likely N-dealkylation sites (tertiary alicyclic amines) is 1. The van der Waals surface area contributed by atoms with Crippen LogP contribution in [-0.4, -0.2) is 49.8 Å². The van der Waals surface area contributed by atoms with Crippen molar-refractivity contribution >= 4 is 5.91 Å². The fraction of sp³-hybridized carbons (Fsp3) is 0.533. The molecule has 0 radical (unpaired) electrons. The number of phenols is 1. The zero-order valence-corrected chi connectivity index (χ0v) is 12.7. The zero-order chi connectivity index (χ0) is 15.4. The van der Waals surface area contributed by atoms with E-state index in [0.717, 1.165) is 12.0 Å². The van der Waals surface area contributed by atoms with Crippen molar-refractivity contribution in [3.05, 3.63) is 17.7 Å². The molecule has 2 rings (SSSR count). The molecule has 2 N–H and O–H groups in total. The monoisotopic (exact) mass is 294 g/mol. The lowest BCUT2D eigenvalue weighted by Crippen LogP contribution is -2.46. The normalized spacial score (nSPS) is 18.7. The number of hydrogen-bond acceptors (Lipinski definition) is 5. The number of likely N-dealkylation sites (N-methyl/N-ethyl adjacent to an activating group) is 1. The van der Waals surface area contributed by atoms with Crippen LogP contribution in [0.1, 0.15) is 18.4 Å². The molecule has 1 aliphatic rings. The van der Waals surface area contributed by atoms with Crippen LogP contribution < -0.4 is 14.8 Å². The summed E-state index contributed by atoms with van der Waals surface area (Å²) in [5.74, 6) is 0.983. The lowest BCUT2D eigenvalue weighted by atomic mass is 10.1. The molecular formula is C15H22N2O4. The van der Waals surface area contributed by atoms with Gasteiger partial charge in [0, 0.05) is 32.6 Å². The number of hydrogen-bond donors (Lipinski definition) is 2. The maximum atomic E-state index is 11.5. The van der Waals surface area contributed by atoms with Crippen LogP contribution in [0.15, 0.2) is 12.1 Å². The van der Waals surface area contributed by atoms with E-state index in [-0.39, 0.29) is 17.7 Å². The quantitative estimate of drug-likeness (QED) is 0.851. The minimum Gasteiger partial charge on any atom is -0.502 e. The second-order valence-corrected chi connectivity index (χ2v) is 5.24. The van der Waals surface area contributed by atoms with E-state index in [0.29, 0.717) is 31.0 Å². The number of piperidine rings is 1. The minimum absolute atomic E-state index is 0.00625. The van der Waals surface area contributed by atoms with Crippen LogP contribution in [0.5, 0.6) is 17.2 Å². The number of nitrogens with one attached hydrogen (secondary N) is 1. The predicted molar refractivity (Wildman–Crippen MR) is 78.7 cm³/mol. The van der Waals surface area contributed by atoms with E-state index in [2.05, 4.69) is 5.32 Å². The van der Waals surface area contributed by atoms with E-state index in [4.69, 9.17) is 9.47 Å². The Labute approximate surface area is 124 Å². The second kappa shape index (κ2) is 6.67. The highest BCUT2D eigenvalue weighted by Crippen LogP contribution is 2.37. The molecule has 1 fully saturated rings. The number of benzene rings is 1. The Balaban J connectivity index is 2.01. The van der Waals surface area contributed by atoms with Crippen LogP contribution in [-0.2, 0) is 11.3 Å². The number of methoxy groups -OCH3 is 2. The van der Waals surface area contributed by atoms with Gasteiger partial charge in [0.2, 0.25) is 11.7 Å². The average molecular weight is 294 g/mol. The molecule has 1 heterocycles. The first-order valence-corrected chi connectivity index (χ1v) is 6.96. The summed E-state index contributed by atoms with van der Waals surface area (Å²) in [5, 5.41) is 13.3. The molecule has 0 aromatic heterocycles. The standard InChI is InChI=1S/C15H22N2O4/c1-17-9-11(4-5-14(17)18)16-8-10-6-12(20-2)15(19)13(7-10)21-3/h6-7,11,16,19H,4-5,8-9H2,1-3H3. The van der Waals surface area contributed by atoms with Crippen molar-refractivity contribution in [2.45, 2.75) is 25.4 Å². The third-order valence-electron chi connectivity index (χ3n) is 3.76. The van der Waals surface area contributed by atoms with Crippen LogP contribution in [0.3, 0.4) is 0 Å². The van der Waals surface area contributed by atoms with E-state index >= 15 is 0 Å². The number of nitrogens with zero attached hydrogens (tertiary/aromatic N) is 1. The molecule has 1 saturated heterocycles. The number of aromatic hydroxyl groups is 1. The molecule has 0 saturated carbocycles. The first kappa shape index (κ1) is 15.4. The molecule has 6 heteroatoms. The fourth-order valence-corrected chi connectivity index (χ4v) is 2.49. The van der Waals surface area contributed by atoms with Crippen LogP contribution in [0, 0.1) is 0 Å². The Morgan fingerprint density at radius 1 is 1.33 bits per heavy atom. The van der Waals surface area contributed by atoms with Crippen LogP contribution in [0.4, 0.5) is 0 Å². The maximum absolute atomic E-state index is 11.5. The molecule has 0 spiro atoms. The number of carbonyl (C=O) groups is 1. The smallest absolute Gasteiger partial charge is 0.222 e. The molecule has 0 bridgehead atoms. The van der Waals surface area contributed by atoms with Crippen LogP contribution in [0.2, 0.25) is 0 Å². The summed E-state index contributed by atoms with van der Waals surface area (Å²) in [7, 11) is 4.84. The highest BCUT2D eigenvalue weighted by molar-refractivity contribution is 5.76. The predicted octanol–water partition coefficient (Wildman–Crippen LogP) is 1.12. The van der Waals surface area contributed by atoms with Crippen molar-refractivity contribution < 1.29 is 19.4 Å². The summed E-state index contributed by atoms with van der Waals surface area (Å²) in [6, 6.07) is 3.84. The Kier molecular flexibility index (Phi) is 4.90. The Bertz CT molecular complexity index is 493. The Morgan fingerprint density at radius 3 is 2.48 bits per heavy atom. The number of rotatable bonds is 5. The van der Waals surface area contributed by atoms with E-state index in [1.54, 1.807) is 17.0 Å². The highest BCUT2D eigenvalue weighted by atomic mass is 16.5. The van der Waals surface area contributed by atoms with Crippen molar-refractivity contribution in [2.24, 2.45) is 0 Å². The molecule has 1 aromatic rings. The van der Waals surface area contributed by atoms with E-state index in [9.17, 15) is 9.90 Å². The van der Waals surface area contributed by atoms with Gasteiger partial charge in [0.1, 0.15) is 0 Å². The van der Waals surface area contributed by atoms with Crippen molar-refractivity contribution in [1.82, 2.24) is 10.2 Å². The third-order valence-corrected chi connectivity index (χ3v) is 3.76. The molecule has 1 unspecified atom stereocenters. The van der Waals surface area contributed by atoms with Crippen LogP contribution >= 0.6 is 0 Å². The molecular weight excluding hydrogens is 272 g/mol. The third kappa shape index (κ3) is 3.58. The van der Waals surface area contributed by atoms with Gasteiger partial charge < -0.3 is 24.8 Å². The summed E-state index contributed by atoms with van der Waals surface area (Å²) < 4.78 is 10.3. The van der Waals surface area contributed by atoms with Crippen molar-refractivity contribution in [2.75, 3.05) is 27.8 Å². The van der Waals surface area contributed by atoms with Crippen molar-refractivity contribution in [1.29, 1.82) is 0 Å². The topological polar surface area (TPSA) is 71.0 Å². The minimum atomic E-state index is 0.00625. The maximum Gasteiger partial charge on any atom is 0.222 e. The first-order valence-electron chi connectivity index (χ1n) is 6.96. The van der Waals surface area contributed by atoms with Crippen molar-refractivity contribution in [3.8, 4) is 17.2 Å². The molecule has 0 aliphatic carbocycles. The van der Waals surface area contributed by atoms with Gasteiger partial charge in [-0.15, -0.1) is 0 Å². The first-order chi connectivity index (χ1) is 10.0. The largest absolute Gasteiger partial charge is 0.502 e. The van der Waals surface area contributed by atoms with Gasteiger partial charge in [0.15, 0.2) is 11.5 Å². The molecule has 1 aliphatic heterocycles. The van der Waals surface area contributed by atoms with Gasteiger partial charge in [-0.25, -0.2) is 0 Å². The summed E-state index contributed by atoms with van der Waals surface area (Å²) in [6.07, 6.45) is 1.42. The zero-order valence-electron chi connectivity index (χ0n) is 12.7. The summed E-state index contributed by atoms with van der Waals surface area (Å²) >= 11 is 0. The van der Waals surface area contributed by atoms with Crippen LogP contribution in [0.25, 0.3) is 0 Å². The number of carbonyl (C=O) groups excluding carboxylic acids is 1. The molecule has 116 valence electrons. The van der Waals surface area contributed by atoms with Gasteiger partial charge >= 0.3 is 0 Å². The van der Waals surface area contributed by atoms with Gasteiger partial charge in [-0.2, -0.15) is 0 Å².